The number of ether oxygens (including phenoxy) is 3. The monoisotopic (exact) mass is 441 g/mol. The quantitative estimate of drug-likeness (QED) is 0.631. The number of aryl methyl sites for hydroxylation is 2. The Morgan fingerprint density at radius 3 is 2.69 bits per heavy atom. The number of methoxy groups -OCH3 is 1. The van der Waals surface area contributed by atoms with Crippen LogP contribution in [0.2, 0.25) is 0 Å². The van der Waals surface area contributed by atoms with Gasteiger partial charge < -0.3 is 19.1 Å². The summed E-state index contributed by atoms with van der Waals surface area (Å²) in [5.41, 5.74) is 3.63. The predicted molar refractivity (Wildman–Crippen MR) is 123 cm³/mol. The fourth-order valence-electron chi connectivity index (χ4n) is 3.76. The molecule has 1 aromatic heterocycles. The maximum Gasteiger partial charge on any atom is 0.410 e. The molecule has 3 rings (SSSR count). The normalized spacial score (nSPS) is 16.3. The number of aromatic nitrogens is 2. The molecule has 174 valence electrons. The van der Waals surface area contributed by atoms with E-state index < -0.39 is 5.60 Å². The Kier molecular flexibility index (Phi) is 7.72. The summed E-state index contributed by atoms with van der Waals surface area (Å²) in [6.45, 7) is 11.3. The molecule has 0 spiro atoms. The second kappa shape index (κ2) is 10.3. The number of hydrogen-bond acceptors (Lipinski definition) is 6. The first-order chi connectivity index (χ1) is 15.2. The molecule has 0 bridgehead atoms. The first-order valence-corrected chi connectivity index (χ1v) is 11.3. The fraction of sp³-hybridized carbons (Fsp3) is 0.560. The predicted octanol–water partition coefficient (Wildman–Crippen LogP) is 4.47. The van der Waals surface area contributed by atoms with Crippen LogP contribution in [0.1, 0.15) is 62.5 Å². The molecule has 2 aromatic rings. The molecule has 1 aromatic carbocycles. The van der Waals surface area contributed by atoms with Crippen molar-refractivity contribution in [3.8, 4) is 5.75 Å². The summed E-state index contributed by atoms with van der Waals surface area (Å²) < 4.78 is 17.1. The van der Waals surface area contributed by atoms with Gasteiger partial charge in [0.1, 0.15) is 17.2 Å². The van der Waals surface area contributed by atoms with Gasteiger partial charge in [-0.05, 0) is 64.3 Å². The van der Waals surface area contributed by atoms with Crippen molar-refractivity contribution in [2.75, 3.05) is 20.2 Å². The molecule has 1 aliphatic heterocycles. The number of benzene rings is 1. The van der Waals surface area contributed by atoms with Crippen molar-refractivity contribution < 1.29 is 19.0 Å². The fourth-order valence-corrected chi connectivity index (χ4v) is 3.76. The Labute approximate surface area is 191 Å². The number of carbonyl (C=O) groups is 1. The maximum absolute atomic E-state index is 12.3. The third-order valence-electron chi connectivity index (χ3n) is 5.29. The summed E-state index contributed by atoms with van der Waals surface area (Å²) in [6.07, 6.45) is 2.02. The number of hydrogen-bond donors (Lipinski definition) is 0. The number of likely N-dealkylation sites (tertiary alicyclic amines) is 1. The Balaban J connectivity index is 1.63. The molecule has 1 fully saturated rings. The first kappa shape index (κ1) is 24.0. The Morgan fingerprint density at radius 2 is 2.00 bits per heavy atom. The molecule has 0 saturated carbocycles. The van der Waals surface area contributed by atoms with Crippen LogP contribution in [0.15, 0.2) is 24.3 Å². The van der Waals surface area contributed by atoms with Gasteiger partial charge in [0.25, 0.3) is 0 Å². The average molecular weight is 442 g/mol. The zero-order valence-corrected chi connectivity index (χ0v) is 20.1. The van der Waals surface area contributed by atoms with Crippen molar-refractivity contribution in [2.45, 2.75) is 72.2 Å². The molecule has 1 amide bonds. The first-order valence-electron chi connectivity index (χ1n) is 11.3. The van der Waals surface area contributed by atoms with E-state index in [1.807, 2.05) is 45.9 Å². The minimum absolute atomic E-state index is 0.0249. The van der Waals surface area contributed by atoms with Crippen molar-refractivity contribution in [1.82, 2.24) is 14.9 Å². The molecule has 1 atom stereocenters. The summed E-state index contributed by atoms with van der Waals surface area (Å²) in [7, 11) is 1.66. The summed E-state index contributed by atoms with van der Waals surface area (Å²) in [6, 6.07) is 8.13. The Bertz CT molecular complexity index is 939. The van der Waals surface area contributed by atoms with Crippen LogP contribution in [0.4, 0.5) is 4.79 Å². The molecular formula is C25H35N3O4. The van der Waals surface area contributed by atoms with Gasteiger partial charge in [-0.25, -0.2) is 14.8 Å². The van der Waals surface area contributed by atoms with Crippen molar-refractivity contribution in [1.29, 1.82) is 0 Å². The molecule has 7 heteroatoms. The van der Waals surface area contributed by atoms with E-state index in [1.165, 1.54) is 0 Å². The van der Waals surface area contributed by atoms with E-state index in [4.69, 9.17) is 14.2 Å². The summed E-state index contributed by atoms with van der Waals surface area (Å²) in [5.74, 6) is 1.61. The van der Waals surface area contributed by atoms with Gasteiger partial charge in [0, 0.05) is 29.9 Å². The van der Waals surface area contributed by atoms with E-state index in [0.29, 0.717) is 26.1 Å². The molecular weight excluding hydrogens is 406 g/mol. The summed E-state index contributed by atoms with van der Waals surface area (Å²) in [5, 5.41) is 0. The minimum atomic E-state index is -0.497. The molecule has 0 radical (unpaired) electrons. The van der Waals surface area contributed by atoms with E-state index in [9.17, 15) is 4.79 Å². The molecule has 32 heavy (non-hydrogen) atoms. The molecule has 0 N–H and O–H groups in total. The second-order valence-corrected chi connectivity index (χ2v) is 9.24. The SMILES string of the molecule is CCc1cc(C)nc(Cc2ccc(OC)c(COC3CCN(C(=O)OC(C)(C)C)C3)c2)n1. The highest BCUT2D eigenvalue weighted by Gasteiger charge is 2.30. The lowest BCUT2D eigenvalue weighted by molar-refractivity contribution is 0.0181. The van der Waals surface area contributed by atoms with Crippen molar-refractivity contribution >= 4 is 6.09 Å². The van der Waals surface area contributed by atoms with Crippen LogP contribution in [0.5, 0.6) is 5.75 Å². The van der Waals surface area contributed by atoms with Crippen LogP contribution < -0.4 is 4.74 Å². The van der Waals surface area contributed by atoms with Crippen LogP contribution in [0.3, 0.4) is 0 Å². The van der Waals surface area contributed by atoms with Gasteiger partial charge in [0.2, 0.25) is 0 Å². The van der Waals surface area contributed by atoms with Gasteiger partial charge in [0.15, 0.2) is 0 Å². The number of rotatable bonds is 7. The highest BCUT2D eigenvalue weighted by atomic mass is 16.6. The molecule has 2 heterocycles. The highest BCUT2D eigenvalue weighted by molar-refractivity contribution is 5.68. The standard InChI is InChI=1S/C25H35N3O4/c1-7-20-12-17(2)26-23(27-20)14-18-8-9-22(30-6)19(13-18)16-31-21-10-11-28(15-21)24(29)32-25(3,4)5/h8-9,12-13,21H,7,10-11,14-16H2,1-6H3. The molecule has 1 aliphatic rings. The van der Waals surface area contributed by atoms with Crippen LogP contribution in [0.25, 0.3) is 0 Å². The number of amides is 1. The van der Waals surface area contributed by atoms with Gasteiger partial charge in [-0.15, -0.1) is 0 Å². The smallest absolute Gasteiger partial charge is 0.410 e. The Hall–Kier alpha value is -2.67. The Morgan fingerprint density at radius 1 is 1.22 bits per heavy atom. The van der Waals surface area contributed by atoms with E-state index in [1.54, 1.807) is 12.0 Å². The van der Waals surface area contributed by atoms with Crippen LogP contribution >= 0.6 is 0 Å². The number of nitrogens with zero attached hydrogens (tertiary/aromatic N) is 3. The van der Waals surface area contributed by atoms with E-state index in [0.717, 1.165) is 46.9 Å². The van der Waals surface area contributed by atoms with Crippen LogP contribution in [0, 0.1) is 6.92 Å². The lowest BCUT2D eigenvalue weighted by Crippen LogP contribution is -2.36. The van der Waals surface area contributed by atoms with Crippen LogP contribution in [-0.4, -0.2) is 52.9 Å². The zero-order valence-electron chi connectivity index (χ0n) is 20.1. The van der Waals surface area contributed by atoms with Gasteiger partial charge in [-0.3, -0.25) is 0 Å². The van der Waals surface area contributed by atoms with Crippen molar-refractivity contribution in [3.05, 3.63) is 52.6 Å². The van der Waals surface area contributed by atoms with Gasteiger partial charge in [0.05, 0.1) is 26.4 Å². The van der Waals surface area contributed by atoms with Crippen molar-refractivity contribution in [2.24, 2.45) is 0 Å². The maximum atomic E-state index is 12.3. The van der Waals surface area contributed by atoms with Gasteiger partial charge >= 0.3 is 6.09 Å². The topological polar surface area (TPSA) is 73.8 Å². The molecule has 1 unspecified atom stereocenters. The summed E-state index contributed by atoms with van der Waals surface area (Å²) >= 11 is 0. The largest absolute Gasteiger partial charge is 0.496 e. The van der Waals surface area contributed by atoms with Crippen LogP contribution in [-0.2, 0) is 28.9 Å². The summed E-state index contributed by atoms with van der Waals surface area (Å²) in [4.78, 5) is 23.2. The van der Waals surface area contributed by atoms with Gasteiger partial charge in [-0.2, -0.15) is 0 Å². The van der Waals surface area contributed by atoms with E-state index in [2.05, 4.69) is 23.0 Å². The highest BCUT2D eigenvalue weighted by Crippen LogP contribution is 2.24. The third-order valence-corrected chi connectivity index (χ3v) is 5.29. The molecule has 7 nitrogen and oxygen atoms in total. The lowest BCUT2D eigenvalue weighted by Gasteiger charge is -2.24. The second-order valence-electron chi connectivity index (χ2n) is 9.24. The average Bonchev–Trinajstić information content (AvgIpc) is 3.20. The lowest BCUT2D eigenvalue weighted by atomic mass is 10.1. The minimum Gasteiger partial charge on any atom is -0.496 e. The van der Waals surface area contributed by atoms with Gasteiger partial charge in [-0.1, -0.05) is 13.0 Å². The van der Waals surface area contributed by atoms with Crippen molar-refractivity contribution in [3.63, 3.8) is 0 Å². The molecule has 1 saturated heterocycles. The number of carbonyl (C=O) groups excluding carboxylic acids is 1. The van der Waals surface area contributed by atoms with E-state index in [-0.39, 0.29) is 12.2 Å². The van der Waals surface area contributed by atoms with E-state index >= 15 is 0 Å². The molecule has 0 aliphatic carbocycles. The third kappa shape index (κ3) is 6.66. The zero-order chi connectivity index (χ0) is 23.3.